The number of hydrogen-bond acceptors (Lipinski definition) is 5. The smallest absolute Gasteiger partial charge is 0.408 e. The zero-order chi connectivity index (χ0) is 25.2. The highest BCUT2D eigenvalue weighted by molar-refractivity contribution is 5.93. The average molecular weight is 481 g/mol. The van der Waals surface area contributed by atoms with Gasteiger partial charge in [0.15, 0.2) is 0 Å². The van der Waals surface area contributed by atoms with E-state index in [-0.39, 0.29) is 31.6 Å². The Bertz CT molecular complexity index is 1070. The molecule has 35 heavy (non-hydrogen) atoms. The summed E-state index contributed by atoms with van der Waals surface area (Å²) in [7, 11) is 1.50. The molecule has 0 aromatic heterocycles. The van der Waals surface area contributed by atoms with Crippen LogP contribution in [0.1, 0.15) is 50.2 Å². The molecule has 0 radical (unpaired) electrons. The van der Waals surface area contributed by atoms with Gasteiger partial charge in [-0.05, 0) is 35.1 Å². The zero-order valence-electron chi connectivity index (χ0n) is 20.3. The van der Waals surface area contributed by atoms with Crippen LogP contribution in [0.3, 0.4) is 0 Å². The number of carbonyl (C=O) groups excluding carboxylic acids is 2. The number of likely N-dealkylation sites (tertiary alicyclic amines) is 1. The fraction of sp³-hybridized carbons (Fsp3) is 0.444. The van der Waals surface area contributed by atoms with E-state index < -0.39 is 29.6 Å². The number of hydrogen-bond donors (Lipinski definition) is 2. The van der Waals surface area contributed by atoms with Gasteiger partial charge in [-0.1, -0.05) is 62.4 Å². The standard InChI is InChI=1S/C27H32N2O6/c1-4-27(5-2,25(32)29-15-17(34-3)14-23(29)24(30)31)28-26(33)35-16-22-20-12-8-6-10-18(20)19-11-7-9-13-21(19)22/h6-13,17,22-23H,4-5,14-16H2,1-3H3,(H,28,33)(H,30,31). The molecule has 4 rings (SSSR count). The first-order valence-corrected chi connectivity index (χ1v) is 12.0. The van der Waals surface area contributed by atoms with Crippen LogP contribution in [0.5, 0.6) is 0 Å². The Morgan fingerprint density at radius 1 is 1.03 bits per heavy atom. The number of fused-ring (bicyclic) bond motifs is 3. The van der Waals surface area contributed by atoms with Gasteiger partial charge in [0.25, 0.3) is 0 Å². The molecule has 8 heteroatoms. The lowest BCUT2D eigenvalue weighted by Crippen LogP contribution is -2.61. The molecule has 2 atom stereocenters. The van der Waals surface area contributed by atoms with Crippen LogP contribution in [0.4, 0.5) is 4.79 Å². The third-order valence-electron chi connectivity index (χ3n) is 7.44. The maximum absolute atomic E-state index is 13.6. The maximum Gasteiger partial charge on any atom is 0.408 e. The van der Waals surface area contributed by atoms with Gasteiger partial charge in [0.05, 0.1) is 6.10 Å². The maximum atomic E-state index is 13.6. The summed E-state index contributed by atoms with van der Waals surface area (Å²) in [5.41, 5.74) is 3.19. The quantitative estimate of drug-likeness (QED) is 0.596. The third kappa shape index (κ3) is 4.50. The van der Waals surface area contributed by atoms with Gasteiger partial charge < -0.3 is 24.8 Å². The highest BCUT2D eigenvalue weighted by Crippen LogP contribution is 2.44. The predicted octanol–water partition coefficient (Wildman–Crippen LogP) is 3.78. The minimum atomic E-state index is -1.26. The van der Waals surface area contributed by atoms with Crippen LogP contribution in [0.2, 0.25) is 0 Å². The van der Waals surface area contributed by atoms with Gasteiger partial charge in [0.2, 0.25) is 5.91 Å². The fourth-order valence-corrected chi connectivity index (χ4v) is 5.31. The van der Waals surface area contributed by atoms with Crippen molar-refractivity contribution >= 4 is 18.0 Å². The summed E-state index contributed by atoms with van der Waals surface area (Å²) in [4.78, 5) is 39.6. The second-order valence-electron chi connectivity index (χ2n) is 9.14. The Kier molecular flexibility index (Phi) is 7.12. The fourth-order valence-electron chi connectivity index (χ4n) is 5.31. The summed E-state index contributed by atoms with van der Waals surface area (Å²) in [6, 6.07) is 15.1. The van der Waals surface area contributed by atoms with E-state index in [4.69, 9.17) is 9.47 Å². The van der Waals surface area contributed by atoms with Gasteiger partial charge in [-0.15, -0.1) is 0 Å². The van der Waals surface area contributed by atoms with Crippen molar-refractivity contribution in [3.63, 3.8) is 0 Å². The Hall–Kier alpha value is -3.39. The van der Waals surface area contributed by atoms with Crippen LogP contribution in [0.25, 0.3) is 11.1 Å². The largest absolute Gasteiger partial charge is 0.480 e. The van der Waals surface area contributed by atoms with Gasteiger partial charge in [-0.3, -0.25) is 4.79 Å². The number of rotatable bonds is 8. The number of alkyl carbamates (subject to hydrolysis) is 1. The van der Waals surface area contributed by atoms with Crippen molar-refractivity contribution in [1.82, 2.24) is 10.2 Å². The summed E-state index contributed by atoms with van der Waals surface area (Å²) >= 11 is 0. The number of benzene rings is 2. The molecule has 1 aliphatic carbocycles. The average Bonchev–Trinajstić information content (AvgIpc) is 3.45. The molecule has 1 saturated heterocycles. The zero-order valence-corrected chi connectivity index (χ0v) is 20.3. The van der Waals surface area contributed by atoms with Crippen molar-refractivity contribution in [3.8, 4) is 11.1 Å². The van der Waals surface area contributed by atoms with E-state index in [2.05, 4.69) is 17.4 Å². The topological polar surface area (TPSA) is 105 Å². The van der Waals surface area contributed by atoms with E-state index in [1.165, 1.54) is 12.0 Å². The normalized spacial score (nSPS) is 19.2. The number of amides is 2. The van der Waals surface area contributed by atoms with Crippen molar-refractivity contribution in [3.05, 3.63) is 59.7 Å². The van der Waals surface area contributed by atoms with E-state index in [0.29, 0.717) is 12.8 Å². The van der Waals surface area contributed by atoms with Crippen molar-refractivity contribution in [1.29, 1.82) is 0 Å². The lowest BCUT2D eigenvalue weighted by atomic mass is 9.90. The minimum Gasteiger partial charge on any atom is -0.480 e. The minimum absolute atomic E-state index is 0.0982. The SMILES string of the molecule is CCC(CC)(NC(=O)OCC1c2ccccc2-c2ccccc21)C(=O)N1CC(OC)CC1C(=O)O. The molecule has 2 aromatic rings. The summed E-state index contributed by atoms with van der Waals surface area (Å²) in [6.07, 6.45) is -0.245. The first kappa shape index (κ1) is 24.7. The Labute approximate surface area is 205 Å². The highest BCUT2D eigenvalue weighted by Gasteiger charge is 2.48. The van der Waals surface area contributed by atoms with E-state index in [1.807, 2.05) is 36.4 Å². The predicted molar refractivity (Wildman–Crippen MR) is 130 cm³/mol. The van der Waals surface area contributed by atoms with Gasteiger partial charge in [0.1, 0.15) is 18.2 Å². The Morgan fingerprint density at radius 3 is 2.11 bits per heavy atom. The van der Waals surface area contributed by atoms with Crippen LogP contribution in [-0.2, 0) is 19.1 Å². The molecule has 2 aliphatic rings. The summed E-state index contributed by atoms with van der Waals surface area (Å²) in [5.74, 6) is -1.61. The molecule has 2 amide bonds. The van der Waals surface area contributed by atoms with Crippen LogP contribution >= 0.6 is 0 Å². The van der Waals surface area contributed by atoms with Crippen LogP contribution in [0.15, 0.2) is 48.5 Å². The van der Waals surface area contributed by atoms with Crippen molar-refractivity contribution in [2.75, 3.05) is 20.3 Å². The number of carboxylic acid groups (broad SMARTS) is 1. The monoisotopic (exact) mass is 480 g/mol. The lowest BCUT2D eigenvalue weighted by Gasteiger charge is -2.36. The second-order valence-corrected chi connectivity index (χ2v) is 9.14. The number of carbonyl (C=O) groups is 3. The first-order valence-electron chi connectivity index (χ1n) is 12.0. The molecule has 2 N–H and O–H groups in total. The molecule has 0 saturated carbocycles. The Morgan fingerprint density at radius 2 is 1.60 bits per heavy atom. The van der Waals surface area contributed by atoms with E-state index in [0.717, 1.165) is 22.3 Å². The van der Waals surface area contributed by atoms with E-state index >= 15 is 0 Å². The molecule has 0 spiro atoms. The van der Waals surface area contributed by atoms with Gasteiger partial charge in [-0.25, -0.2) is 9.59 Å². The molecule has 1 aliphatic heterocycles. The van der Waals surface area contributed by atoms with Crippen LogP contribution in [0, 0.1) is 0 Å². The Balaban J connectivity index is 1.49. The van der Waals surface area contributed by atoms with Crippen molar-refractivity contribution in [2.45, 2.75) is 56.7 Å². The van der Waals surface area contributed by atoms with Crippen LogP contribution < -0.4 is 5.32 Å². The number of ether oxygens (including phenoxy) is 2. The van der Waals surface area contributed by atoms with Gasteiger partial charge in [-0.2, -0.15) is 0 Å². The van der Waals surface area contributed by atoms with Crippen molar-refractivity contribution < 1.29 is 29.0 Å². The second kappa shape index (κ2) is 10.1. The number of nitrogens with one attached hydrogen (secondary N) is 1. The first-order chi connectivity index (χ1) is 16.8. The van der Waals surface area contributed by atoms with E-state index in [1.54, 1.807) is 13.8 Å². The lowest BCUT2D eigenvalue weighted by molar-refractivity contribution is -0.151. The number of methoxy groups -OCH3 is 1. The molecular weight excluding hydrogens is 448 g/mol. The molecule has 2 unspecified atom stereocenters. The highest BCUT2D eigenvalue weighted by atomic mass is 16.5. The number of carboxylic acids is 1. The summed E-state index contributed by atoms with van der Waals surface area (Å²) < 4.78 is 11.0. The molecule has 186 valence electrons. The third-order valence-corrected chi connectivity index (χ3v) is 7.44. The summed E-state index contributed by atoms with van der Waals surface area (Å²) in [5, 5.41) is 12.4. The number of aliphatic carboxylic acids is 1. The molecule has 8 nitrogen and oxygen atoms in total. The van der Waals surface area contributed by atoms with Crippen molar-refractivity contribution in [2.24, 2.45) is 0 Å². The van der Waals surface area contributed by atoms with E-state index in [9.17, 15) is 19.5 Å². The summed E-state index contributed by atoms with van der Waals surface area (Å²) in [6.45, 7) is 3.89. The van der Waals surface area contributed by atoms with Gasteiger partial charge in [0, 0.05) is 26.0 Å². The number of nitrogens with zero attached hydrogens (tertiary/aromatic N) is 1. The molecule has 0 bridgehead atoms. The molecule has 2 aromatic carbocycles. The van der Waals surface area contributed by atoms with Gasteiger partial charge >= 0.3 is 12.1 Å². The van der Waals surface area contributed by atoms with Crippen LogP contribution in [-0.4, -0.2) is 65.9 Å². The molecule has 1 heterocycles. The molecular formula is C27H32N2O6. The molecule has 1 fully saturated rings.